The second-order valence-electron chi connectivity index (χ2n) is 14.1. The van der Waals surface area contributed by atoms with E-state index in [1.54, 1.807) is 43.3 Å². The van der Waals surface area contributed by atoms with Crippen LogP contribution in [0, 0.1) is 36.4 Å². The summed E-state index contributed by atoms with van der Waals surface area (Å²) in [7, 11) is 0. The lowest BCUT2D eigenvalue weighted by molar-refractivity contribution is -0.146. The number of phenols is 1. The molecule has 6 unspecified atom stereocenters. The zero-order valence-electron chi connectivity index (χ0n) is 26.5. The van der Waals surface area contributed by atoms with E-state index in [2.05, 4.69) is 5.43 Å². The number of imide groups is 2. The number of hydrogen-bond donors (Lipinski definition) is 2. The van der Waals surface area contributed by atoms with Gasteiger partial charge in [-0.2, -0.15) is 5.01 Å². The van der Waals surface area contributed by atoms with Crippen LogP contribution >= 0.6 is 11.6 Å². The van der Waals surface area contributed by atoms with E-state index < -0.39 is 58.2 Å². The van der Waals surface area contributed by atoms with Crippen molar-refractivity contribution in [3.63, 3.8) is 0 Å². The van der Waals surface area contributed by atoms with E-state index in [-0.39, 0.29) is 24.0 Å². The molecule has 8 nitrogen and oxygen atoms in total. The molecule has 7 rings (SSSR count). The molecule has 2 aliphatic heterocycles. The lowest BCUT2D eigenvalue weighted by atomic mass is 9.49. The molecule has 0 radical (unpaired) electrons. The van der Waals surface area contributed by atoms with Crippen LogP contribution in [0.1, 0.15) is 56.2 Å². The van der Waals surface area contributed by atoms with E-state index >= 15 is 4.79 Å². The molecule has 3 aromatic carbocycles. The lowest BCUT2D eigenvalue weighted by Gasteiger charge is -2.50. The summed E-state index contributed by atoms with van der Waals surface area (Å²) in [6.07, 6.45) is 2.48. The number of nitrogens with zero attached hydrogens (tertiary/aromatic N) is 2. The van der Waals surface area contributed by atoms with Crippen LogP contribution in [0.3, 0.4) is 0 Å². The summed E-state index contributed by atoms with van der Waals surface area (Å²) < 4.78 is 13.8. The largest absolute Gasteiger partial charge is 0.508 e. The van der Waals surface area contributed by atoms with Gasteiger partial charge in [-0.3, -0.25) is 29.5 Å². The first-order valence-electron chi connectivity index (χ1n) is 15.8. The number of carbonyl (C=O) groups excluding carboxylic acids is 4. The maximum Gasteiger partial charge on any atom is 0.260 e. The highest BCUT2D eigenvalue weighted by Crippen LogP contribution is 2.64. The molecule has 0 aromatic heterocycles. The number of aromatic hydroxyl groups is 1. The summed E-state index contributed by atoms with van der Waals surface area (Å²) in [6.45, 7) is 7.27. The highest BCUT2D eigenvalue weighted by atomic mass is 35.5. The van der Waals surface area contributed by atoms with Crippen LogP contribution in [-0.2, 0) is 24.6 Å². The highest BCUT2D eigenvalue weighted by Gasteiger charge is 2.70. The van der Waals surface area contributed by atoms with Crippen molar-refractivity contribution in [1.82, 2.24) is 9.91 Å². The first-order chi connectivity index (χ1) is 22.2. The number of likely N-dealkylation sites (tertiary alicyclic amines) is 1. The van der Waals surface area contributed by atoms with Gasteiger partial charge in [-0.15, -0.1) is 0 Å². The molecule has 3 fully saturated rings. The normalized spacial score (nSPS) is 28.6. The van der Waals surface area contributed by atoms with Gasteiger partial charge in [0.2, 0.25) is 11.8 Å². The molecule has 47 heavy (non-hydrogen) atoms. The number of allylic oxidation sites excluding steroid dienone is 2. The Morgan fingerprint density at radius 1 is 0.915 bits per heavy atom. The monoisotopic (exact) mass is 655 g/mol. The summed E-state index contributed by atoms with van der Waals surface area (Å²) >= 11 is 6.33. The van der Waals surface area contributed by atoms with Crippen LogP contribution in [0.15, 0.2) is 78.4 Å². The van der Waals surface area contributed by atoms with Crippen molar-refractivity contribution in [2.45, 2.75) is 57.4 Å². The maximum atomic E-state index is 15.1. The number of phenolic OH excluding ortho intramolecular Hbond substituents is 1. The number of halogens is 2. The number of anilines is 1. The zero-order valence-corrected chi connectivity index (χ0v) is 27.2. The molecule has 4 aliphatic rings. The maximum absolute atomic E-state index is 15.1. The summed E-state index contributed by atoms with van der Waals surface area (Å²) in [5.74, 6) is -5.26. The van der Waals surface area contributed by atoms with Crippen molar-refractivity contribution in [3.8, 4) is 5.75 Å². The van der Waals surface area contributed by atoms with E-state index in [1.165, 1.54) is 29.2 Å². The van der Waals surface area contributed by atoms with Gasteiger partial charge in [0, 0.05) is 16.5 Å². The number of nitrogens with one attached hydrogen (secondary N) is 1. The fraction of sp³-hybridized carbons (Fsp3) is 0.351. The Morgan fingerprint density at radius 2 is 1.60 bits per heavy atom. The Hall–Kier alpha value is -4.50. The minimum absolute atomic E-state index is 0.0849. The van der Waals surface area contributed by atoms with E-state index in [4.69, 9.17) is 11.6 Å². The van der Waals surface area contributed by atoms with Gasteiger partial charge < -0.3 is 5.11 Å². The molecule has 2 saturated heterocycles. The van der Waals surface area contributed by atoms with Gasteiger partial charge in [-0.25, -0.2) is 4.39 Å². The molecule has 10 heteroatoms. The number of hydrazine groups is 1. The van der Waals surface area contributed by atoms with E-state index in [1.807, 2.05) is 32.9 Å². The van der Waals surface area contributed by atoms with E-state index in [0.717, 1.165) is 10.6 Å². The molecule has 2 aliphatic carbocycles. The first kappa shape index (κ1) is 31.1. The Labute approximate surface area is 277 Å². The molecular weight excluding hydrogens is 621 g/mol. The Bertz CT molecular complexity index is 1870. The van der Waals surface area contributed by atoms with Crippen molar-refractivity contribution in [1.29, 1.82) is 0 Å². The molecule has 2 heterocycles. The van der Waals surface area contributed by atoms with Crippen molar-refractivity contribution in [2.24, 2.45) is 23.7 Å². The number of amides is 4. The molecule has 1 saturated carbocycles. The van der Waals surface area contributed by atoms with Crippen molar-refractivity contribution in [3.05, 3.63) is 106 Å². The van der Waals surface area contributed by atoms with Gasteiger partial charge in [0.05, 0.1) is 28.9 Å². The summed E-state index contributed by atoms with van der Waals surface area (Å²) in [5, 5.41) is 12.0. The number of carbonyl (C=O) groups is 4. The van der Waals surface area contributed by atoms with Gasteiger partial charge in [0.15, 0.2) is 0 Å². The van der Waals surface area contributed by atoms with E-state index in [0.29, 0.717) is 33.8 Å². The van der Waals surface area contributed by atoms with E-state index in [9.17, 15) is 23.9 Å². The lowest BCUT2D eigenvalue weighted by Crippen LogP contribution is -2.53. The van der Waals surface area contributed by atoms with Crippen LogP contribution in [0.4, 0.5) is 10.1 Å². The second-order valence-corrected chi connectivity index (χ2v) is 14.5. The molecule has 3 aromatic rings. The third-order valence-corrected chi connectivity index (χ3v) is 10.7. The summed E-state index contributed by atoms with van der Waals surface area (Å²) in [6, 6.07) is 17.4. The van der Waals surface area contributed by atoms with Crippen molar-refractivity contribution >= 4 is 40.9 Å². The van der Waals surface area contributed by atoms with Crippen LogP contribution < -0.4 is 5.43 Å². The van der Waals surface area contributed by atoms with Gasteiger partial charge >= 0.3 is 0 Å². The fourth-order valence-corrected chi connectivity index (χ4v) is 8.68. The first-order valence-corrected chi connectivity index (χ1v) is 16.2. The molecule has 4 amide bonds. The van der Waals surface area contributed by atoms with Gasteiger partial charge in [0.25, 0.3) is 11.8 Å². The SMILES string of the molecule is Cc1cc(C2C3=CCC4C(=O)N(C(C)(C)C)C(=O)C4C3CC3C(=O)N(Nc4ccc(F)cc4)C(=O)C32c2ccc(Cl)cc2)ccc1O. The Balaban J connectivity index is 1.46. The predicted molar refractivity (Wildman–Crippen MR) is 173 cm³/mol. The third-order valence-electron chi connectivity index (χ3n) is 10.5. The predicted octanol–water partition coefficient (Wildman–Crippen LogP) is 6.28. The van der Waals surface area contributed by atoms with Gasteiger partial charge in [-0.1, -0.05) is 47.5 Å². The van der Waals surface area contributed by atoms with Crippen molar-refractivity contribution in [2.75, 3.05) is 5.43 Å². The standard InChI is InChI=1S/C37H35ClFN3O5/c1-19-17-20(5-16-29(19)43)31-25-14-15-26-30(34(46)41(32(26)44)36(2,3)4)27(25)18-28-33(45)42(40-24-12-10-23(39)11-13-24)35(47)37(28,31)21-6-8-22(38)9-7-21/h5-14,16-17,26-28,30-31,40,43H,15,18H2,1-4H3. The summed E-state index contributed by atoms with van der Waals surface area (Å²) in [5.41, 5.74) is 3.79. The number of benzene rings is 3. The molecule has 0 bridgehead atoms. The molecule has 0 spiro atoms. The summed E-state index contributed by atoms with van der Waals surface area (Å²) in [4.78, 5) is 59.0. The quantitative estimate of drug-likeness (QED) is 0.253. The van der Waals surface area contributed by atoms with Crippen LogP contribution in [0.25, 0.3) is 0 Å². The van der Waals surface area contributed by atoms with Crippen LogP contribution in [0.2, 0.25) is 5.02 Å². The zero-order chi connectivity index (χ0) is 33.6. The van der Waals surface area contributed by atoms with Crippen molar-refractivity contribution < 1.29 is 28.7 Å². The minimum Gasteiger partial charge on any atom is -0.508 e. The fourth-order valence-electron chi connectivity index (χ4n) is 8.55. The van der Waals surface area contributed by atoms with Gasteiger partial charge in [0.1, 0.15) is 11.6 Å². The Morgan fingerprint density at radius 3 is 2.23 bits per heavy atom. The number of fused-ring (bicyclic) bond motifs is 4. The number of hydrogen-bond acceptors (Lipinski definition) is 6. The average molecular weight is 656 g/mol. The minimum atomic E-state index is -1.47. The molecule has 242 valence electrons. The van der Waals surface area contributed by atoms with Gasteiger partial charge in [-0.05, 0) is 106 Å². The number of rotatable bonds is 4. The van der Waals surface area contributed by atoms with Crippen LogP contribution in [-0.4, -0.2) is 44.2 Å². The molecule has 2 N–H and O–H groups in total. The second kappa shape index (κ2) is 10.8. The smallest absolute Gasteiger partial charge is 0.260 e. The molecular formula is C37H35ClFN3O5. The van der Waals surface area contributed by atoms with Crippen LogP contribution in [0.5, 0.6) is 5.75 Å². The topological polar surface area (TPSA) is 107 Å². The Kier molecular flexibility index (Phi) is 7.13. The number of aryl methyl sites for hydroxylation is 1. The third kappa shape index (κ3) is 4.53. The highest BCUT2D eigenvalue weighted by molar-refractivity contribution is 6.30. The molecule has 6 atom stereocenters. The average Bonchev–Trinajstić information content (AvgIpc) is 3.41.